The number of phenolic OH excluding ortho intramolecular Hbond substituents is 1. The lowest BCUT2D eigenvalue weighted by Gasteiger charge is -2.28. The summed E-state index contributed by atoms with van der Waals surface area (Å²) >= 11 is 0. The number of aromatic hydroxyl groups is 1. The predicted octanol–water partition coefficient (Wildman–Crippen LogP) is 2.55. The lowest BCUT2D eigenvalue weighted by Crippen LogP contribution is -2.45. The first-order chi connectivity index (χ1) is 15.0. The maximum Gasteiger partial charge on any atom is 0.273 e. The SMILES string of the molecule is CCCCN1C(=O)CC(C(=O)NNC(=O)c2ccccc2O)C1c1ccc(OC)cc1. The number of nitrogens with one attached hydrogen (secondary N) is 2. The van der Waals surface area contributed by atoms with Crippen molar-refractivity contribution in [3.8, 4) is 11.5 Å². The molecule has 1 heterocycles. The van der Waals surface area contributed by atoms with Gasteiger partial charge in [-0.25, -0.2) is 0 Å². The number of amides is 3. The normalized spacial score (nSPS) is 18.0. The Hall–Kier alpha value is -3.55. The highest BCUT2D eigenvalue weighted by atomic mass is 16.5. The molecular formula is C23H27N3O5. The molecule has 0 saturated carbocycles. The number of rotatable bonds is 7. The molecule has 0 aliphatic carbocycles. The molecule has 8 heteroatoms. The number of para-hydroxylation sites is 1. The fourth-order valence-electron chi connectivity index (χ4n) is 3.78. The second kappa shape index (κ2) is 9.97. The van der Waals surface area contributed by atoms with Crippen LogP contribution in [0.5, 0.6) is 11.5 Å². The smallest absolute Gasteiger partial charge is 0.273 e. The molecule has 31 heavy (non-hydrogen) atoms. The third kappa shape index (κ3) is 4.96. The van der Waals surface area contributed by atoms with E-state index in [1.807, 2.05) is 19.1 Å². The number of carbonyl (C=O) groups excluding carboxylic acids is 3. The molecule has 2 unspecified atom stereocenters. The second-order valence-corrected chi connectivity index (χ2v) is 7.43. The lowest BCUT2D eigenvalue weighted by molar-refractivity contribution is -0.129. The zero-order valence-electron chi connectivity index (χ0n) is 17.6. The molecule has 2 atom stereocenters. The minimum absolute atomic E-state index is 0.0431. The van der Waals surface area contributed by atoms with Gasteiger partial charge in [0, 0.05) is 13.0 Å². The van der Waals surface area contributed by atoms with Crippen LogP contribution in [0.4, 0.5) is 0 Å². The van der Waals surface area contributed by atoms with E-state index in [4.69, 9.17) is 4.74 Å². The number of ether oxygens (including phenoxy) is 1. The van der Waals surface area contributed by atoms with E-state index in [1.165, 1.54) is 12.1 Å². The molecule has 1 saturated heterocycles. The highest BCUT2D eigenvalue weighted by Crippen LogP contribution is 2.39. The average Bonchev–Trinajstić information content (AvgIpc) is 3.12. The van der Waals surface area contributed by atoms with Crippen LogP contribution in [-0.4, -0.2) is 41.4 Å². The number of hydrogen-bond donors (Lipinski definition) is 3. The number of methoxy groups -OCH3 is 1. The molecule has 2 aromatic carbocycles. The van der Waals surface area contributed by atoms with Crippen molar-refractivity contribution in [2.75, 3.05) is 13.7 Å². The van der Waals surface area contributed by atoms with E-state index in [1.54, 1.807) is 36.3 Å². The van der Waals surface area contributed by atoms with Crippen LogP contribution in [0.3, 0.4) is 0 Å². The van der Waals surface area contributed by atoms with Crippen LogP contribution in [0, 0.1) is 5.92 Å². The van der Waals surface area contributed by atoms with Gasteiger partial charge in [0.15, 0.2) is 0 Å². The van der Waals surface area contributed by atoms with Crippen LogP contribution < -0.4 is 15.6 Å². The van der Waals surface area contributed by atoms with Gasteiger partial charge in [-0.2, -0.15) is 0 Å². The van der Waals surface area contributed by atoms with Gasteiger partial charge in [-0.1, -0.05) is 37.6 Å². The van der Waals surface area contributed by atoms with Crippen LogP contribution in [-0.2, 0) is 9.59 Å². The molecule has 1 fully saturated rings. The van der Waals surface area contributed by atoms with Gasteiger partial charge in [-0.15, -0.1) is 0 Å². The molecule has 2 aromatic rings. The van der Waals surface area contributed by atoms with Crippen LogP contribution in [0.15, 0.2) is 48.5 Å². The number of benzene rings is 2. The van der Waals surface area contributed by atoms with Crippen molar-refractivity contribution >= 4 is 17.7 Å². The molecule has 3 N–H and O–H groups in total. The predicted molar refractivity (Wildman–Crippen MR) is 114 cm³/mol. The Morgan fingerprint density at radius 2 is 1.84 bits per heavy atom. The summed E-state index contributed by atoms with van der Waals surface area (Å²) in [6.45, 7) is 2.60. The molecular weight excluding hydrogens is 398 g/mol. The van der Waals surface area contributed by atoms with Crippen molar-refractivity contribution < 1.29 is 24.2 Å². The Kier molecular flexibility index (Phi) is 7.12. The van der Waals surface area contributed by atoms with Gasteiger partial charge in [0.05, 0.1) is 24.6 Å². The Balaban J connectivity index is 1.77. The summed E-state index contributed by atoms with van der Waals surface area (Å²) in [7, 11) is 1.57. The third-order valence-corrected chi connectivity index (χ3v) is 5.43. The fraction of sp³-hybridized carbons (Fsp3) is 0.348. The van der Waals surface area contributed by atoms with E-state index >= 15 is 0 Å². The minimum Gasteiger partial charge on any atom is -0.507 e. The molecule has 164 valence electrons. The first kappa shape index (κ1) is 22.1. The van der Waals surface area contributed by atoms with Crippen molar-refractivity contribution in [2.24, 2.45) is 5.92 Å². The first-order valence-electron chi connectivity index (χ1n) is 10.3. The third-order valence-electron chi connectivity index (χ3n) is 5.43. The van der Waals surface area contributed by atoms with Crippen molar-refractivity contribution in [3.63, 3.8) is 0 Å². The van der Waals surface area contributed by atoms with Gasteiger partial charge in [-0.05, 0) is 36.2 Å². The van der Waals surface area contributed by atoms with Gasteiger partial charge in [0.25, 0.3) is 5.91 Å². The monoisotopic (exact) mass is 425 g/mol. The maximum absolute atomic E-state index is 12.9. The summed E-state index contributed by atoms with van der Waals surface area (Å²) in [6, 6.07) is 12.9. The van der Waals surface area contributed by atoms with Crippen LogP contribution in [0.25, 0.3) is 0 Å². The van der Waals surface area contributed by atoms with Crippen LogP contribution >= 0.6 is 0 Å². The van der Waals surface area contributed by atoms with E-state index in [2.05, 4.69) is 10.9 Å². The summed E-state index contributed by atoms with van der Waals surface area (Å²) in [6.07, 6.45) is 1.81. The van der Waals surface area contributed by atoms with Gasteiger partial charge in [0.1, 0.15) is 11.5 Å². The number of unbranched alkanes of at least 4 members (excludes halogenated alkanes) is 1. The van der Waals surface area contributed by atoms with E-state index in [-0.39, 0.29) is 23.6 Å². The van der Waals surface area contributed by atoms with Gasteiger partial charge in [-0.3, -0.25) is 25.2 Å². The highest BCUT2D eigenvalue weighted by Gasteiger charge is 2.44. The first-order valence-corrected chi connectivity index (χ1v) is 10.3. The summed E-state index contributed by atoms with van der Waals surface area (Å²) in [5.74, 6) is -1.36. The van der Waals surface area contributed by atoms with Crippen LogP contribution in [0.2, 0.25) is 0 Å². The molecule has 0 spiro atoms. The van der Waals surface area contributed by atoms with Gasteiger partial charge in [0.2, 0.25) is 11.8 Å². The minimum atomic E-state index is -0.664. The second-order valence-electron chi connectivity index (χ2n) is 7.43. The molecule has 0 aromatic heterocycles. The fourth-order valence-corrected chi connectivity index (χ4v) is 3.78. The Labute approximate surface area is 181 Å². The van der Waals surface area contributed by atoms with E-state index in [0.29, 0.717) is 12.3 Å². The van der Waals surface area contributed by atoms with Crippen molar-refractivity contribution in [2.45, 2.75) is 32.2 Å². The standard InChI is InChI=1S/C23H27N3O5/c1-3-4-13-26-20(28)14-18(21(26)15-9-11-16(31-2)12-10-15)23(30)25-24-22(29)17-7-5-6-8-19(17)27/h5-12,18,21,27H,3-4,13-14H2,1-2H3,(H,24,29)(H,25,30). The molecule has 1 aliphatic heterocycles. The van der Waals surface area contributed by atoms with Crippen molar-refractivity contribution in [3.05, 3.63) is 59.7 Å². The Morgan fingerprint density at radius 3 is 2.48 bits per heavy atom. The molecule has 3 amide bonds. The maximum atomic E-state index is 12.9. The molecule has 8 nitrogen and oxygen atoms in total. The molecule has 0 radical (unpaired) electrons. The largest absolute Gasteiger partial charge is 0.507 e. The van der Waals surface area contributed by atoms with Crippen LogP contribution in [0.1, 0.15) is 48.1 Å². The summed E-state index contributed by atoms with van der Waals surface area (Å²) in [5, 5.41) is 9.81. The van der Waals surface area contributed by atoms with E-state index < -0.39 is 23.8 Å². The van der Waals surface area contributed by atoms with Gasteiger partial charge >= 0.3 is 0 Å². The number of phenols is 1. The zero-order valence-corrected chi connectivity index (χ0v) is 17.6. The number of hydrazine groups is 1. The quantitative estimate of drug-likeness (QED) is 0.591. The highest BCUT2D eigenvalue weighted by molar-refractivity contribution is 5.98. The Bertz CT molecular complexity index is 944. The van der Waals surface area contributed by atoms with E-state index in [0.717, 1.165) is 18.4 Å². The Morgan fingerprint density at radius 1 is 1.13 bits per heavy atom. The van der Waals surface area contributed by atoms with Crippen molar-refractivity contribution in [1.82, 2.24) is 15.8 Å². The number of likely N-dealkylation sites (tertiary alicyclic amines) is 1. The molecule has 3 rings (SSSR count). The number of hydrogen-bond acceptors (Lipinski definition) is 5. The van der Waals surface area contributed by atoms with Crippen molar-refractivity contribution in [1.29, 1.82) is 0 Å². The molecule has 0 bridgehead atoms. The average molecular weight is 425 g/mol. The van der Waals surface area contributed by atoms with Gasteiger partial charge < -0.3 is 14.7 Å². The number of carbonyl (C=O) groups is 3. The summed E-state index contributed by atoms with van der Waals surface area (Å²) < 4.78 is 5.21. The van der Waals surface area contributed by atoms with E-state index in [9.17, 15) is 19.5 Å². The molecule has 1 aliphatic rings. The summed E-state index contributed by atoms with van der Waals surface area (Å²) in [4.78, 5) is 39.7. The number of nitrogens with zero attached hydrogens (tertiary/aromatic N) is 1. The topological polar surface area (TPSA) is 108 Å². The summed E-state index contributed by atoms with van der Waals surface area (Å²) in [5.41, 5.74) is 5.62. The lowest BCUT2D eigenvalue weighted by atomic mass is 9.93. The zero-order chi connectivity index (χ0) is 22.4.